The van der Waals surface area contributed by atoms with E-state index < -0.39 is 8.32 Å². The molecular formula is C17H28OSi. The topological polar surface area (TPSA) is 9.23 Å². The van der Waals surface area contributed by atoms with Gasteiger partial charge in [-0.15, -0.1) is 0 Å². The summed E-state index contributed by atoms with van der Waals surface area (Å²) >= 11 is 0. The van der Waals surface area contributed by atoms with E-state index in [1.54, 1.807) is 0 Å². The van der Waals surface area contributed by atoms with Crippen molar-refractivity contribution in [3.63, 3.8) is 0 Å². The molecule has 0 fully saturated rings. The van der Waals surface area contributed by atoms with Crippen molar-refractivity contribution in [2.75, 3.05) is 0 Å². The summed E-state index contributed by atoms with van der Waals surface area (Å²) in [6.45, 7) is 15.0. The van der Waals surface area contributed by atoms with Gasteiger partial charge in [-0.3, -0.25) is 0 Å². The van der Waals surface area contributed by atoms with Gasteiger partial charge >= 0.3 is 0 Å². The minimum Gasteiger partial charge on any atom is -0.408 e. The molecule has 0 radical (unpaired) electrons. The zero-order valence-electron chi connectivity index (χ0n) is 13.1. The Morgan fingerprint density at radius 3 is 1.89 bits per heavy atom. The molecule has 0 amide bonds. The molecule has 19 heavy (non-hydrogen) atoms. The maximum Gasteiger partial charge on any atom is 0.193 e. The highest BCUT2D eigenvalue weighted by molar-refractivity contribution is 6.73. The first-order valence-corrected chi connectivity index (χ1v) is 9.89. The van der Waals surface area contributed by atoms with Crippen LogP contribution < -0.4 is 0 Å². The van der Waals surface area contributed by atoms with Gasteiger partial charge in [-0.25, -0.2) is 0 Å². The fraction of sp³-hybridized carbons (Fsp3) is 0.529. The van der Waals surface area contributed by atoms with Crippen molar-refractivity contribution in [3.05, 3.63) is 42.0 Å². The standard InChI is InChI=1S/C17H28OSi/c1-7-15-11-13-16(14-12-15)17(5,6)18-19(8-2,9-3)10-4/h7,11-14H,1,8-10H2,2-6H3. The third-order valence-electron chi connectivity index (χ3n) is 4.25. The zero-order chi connectivity index (χ0) is 14.5. The van der Waals surface area contributed by atoms with Gasteiger partial charge in [-0.1, -0.05) is 57.7 Å². The highest BCUT2D eigenvalue weighted by Gasteiger charge is 2.36. The molecule has 106 valence electrons. The van der Waals surface area contributed by atoms with Crippen molar-refractivity contribution < 1.29 is 4.43 Å². The van der Waals surface area contributed by atoms with E-state index in [9.17, 15) is 0 Å². The molecule has 0 heterocycles. The van der Waals surface area contributed by atoms with Crippen molar-refractivity contribution >= 4 is 14.4 Å². The van der Waals surface area contributed by atoms with Crippen molar-refractivity contribution in [2.24, 2.45) is 0 Å². The average Bonchev–Trinajstić information content (AvgIpc) is 2.45. The highest BCUT2D eigenvalue weighted by Crippen LogP contribution is 2.34. The van der Waals surface area contributed by atoms with Crippen molar-refractivity contribution in [3.8, 4) is 0 Å². The van der Waals surface area contributed by atoms with Crippen LogP contribution in [0.25, 0.3) is 6.08 Å². The van der Waals surface area contributed by atoms with E-state index in [-0.39, 0.29) is 5.60 Å². The van der Waals surface area contributed by atoms with Crippen LogP contribution in [0.5, 0.6) is 0 Å². The molecule has 2 heteroatoms. The first kappa shape index (κ1) is 16.2. The van der Waals surface area contributed by atoms with E-state index in [4.69, 9.17) is 4.43 Å². The minimum atomic E-state index is -1.58. The van der Waals surface area contributed by atoms with E-state index in [1.807, 2.05) is 6.08 Å². The molecule has 0 atom stereocenters. The lowest BCUT2D eigenvalue weighted by atomic mass is 9.97. The molecule has 0 aliphatic rings. The van der Waals surface area contributed by atoms with Crippen LogP contribution in [-0.2, 0) is 10.0 Å². The van der Waals surface area contributed by atoms with Crippen LogP contribution in [0.4, 0.5) is 0 Å². The van der Waals surface area contributed by atoms with Gasteiger partial charge < -0.3 is 4.43 Å². The third-order valence-corrected chi connectivity index (χ3v) is 9.06. The molecule has 0 N–H and O–H groups in total. The van der Waals surface area contributed by atoms with Gasteiger partial charge in [-0.05, 0) is 43.1 Å². The number of hydrogen-bond acceptors (Lipinski definition) is 1. The van der Waals surface area contributed by atoms with E-state index in [0.29, 0.717) is 0 Å². The highest BCUT2D eigenvalue weighted by atomic mass is 28.4. The van der Waals surface area contributed by atoms with Crippen LogP contribution in [0.2, 0.25) is 18.1 Å². The first-order chi connectivity index (χ1) is 8.93. The van der Waals surface area contributed by atoms with E-state index in [0.717, 1.165) is 5.56 Å². The van der Waals surface area contributed by atoms with Gasteiger partial charge in [0.2, 0.25) is 0 Å². The maximum absolute atomic E-state index is 6.65. The maximum atomic E-state index is 6.65. The Morgan fingerprint density at radius 1 is 1.05 bits per heavy atom. The van der Waals surface area contributed by atoms with Crippen LogP contribution in [0.15, 0.2) is 30.8 Å². The van der Waals surface area contributed by atoms with Crippen molar-refractivity contribution in [1.29, 1.82) is 0 Å². The molecule has 1 rings (SSSR count). The smallest absolute Gasteiger partial charge is 0.193 e. The third kappa shape index (κ3) is 3.80. The largest absolute Gasteiger partial charge is 0.408 e. The SMILES string of the molecule is C=Cc1ccc(C(C)(C)O[Si](CC)(CC)CC)cc1. The van der Waals surface area contributed by atoms with Gasteiger partial charge in [0.25, 0.3) is 0 Å². The van der Waals surface area contributed by atoms with Crippen LogP contribution in [0.1, 0.15) is 45.7 Å². The summed E-state index contributed by atoms with van der Waals surface area (Å²) < 4.78 is 6.65. The molecule has 1 nitrogen and oxygen atoms in total. The Bertz CT molecular complexity index is 394. The molecule has 0 aromatic heterocycles. The molecule has 0 aliphatic heterocycles. The fourth-order valence-corrected chi connectivity index (χ4v) is 5.72. The van der Waals surface area contributed by atoms with Crippen LogP contribution >= 0.6 is 0 Å². The first-order valence-electron chi connectivity index (χ1n) is 7.36. The van der Waals surface area contributed by atoms with Gasteiger partial charge in [0.1, 0.15) is 0 Å². The summed E-state index contributed by atoms with van der Waals surface area (Å²) in [6, 6.07) is 12.1. The molecule has 0 aliphatic carbocycles. The van der Waals surface area contributed by atoms with E-state index >= 15 is 0 Å². The Hall–Kier alpha value is -0.863. The number of rotatable bonds is 7. The van der Waals surface area contributed by atoms with E-state index in [1.165, 1.54) is 23.7 Å². The number of benzene rings is 1. The fourth-order valence-electron chi connectivity index (χ4n) is 2.59. The molecule has 0 spiro atoms. The minimum absolute atomic E-state index is 0.200. The molecule has 0 saturated heterocycles. The monoisotopic (exact) mass is 276 g/mol. The second kappa shape index (κ2) is 6.53. The Morgan fingerprint density at radius 2 is 1.53 bits per heavy atom. The quantitative estimate of drug-likeness (QED) is 0.590. The second-order valence-corrected chi connectivity index (χ2v) is 10.4. The normalized spacial score (nSPS) is 12.5. The molecular weight excluding hydrogens is 248 g/mol. The van der Waals surface area contributed by atoms with Gasteiger partial charge in [0.05, 0.1) is 5.60 Å². The van der Waals surface area contributed by atoms with E-state index in [2.05, 4.69) is 65.5 Å². The predicted octanol–water partition coefficient (Wildman–Crippen LogP) is 5.59. The molecule has 0 saturated carbocycles. The van der Waals surface area contributed by atoms with Crippen LogP contribution in [0.3, 0.4) is 0 Å². The Labute approximate surface area is 119 Å². The average molecular weight is 276 g/mol. The van der Waals surface area contributed by atoms with Gasteiger partial charge in [0, 0.05) is 0 Å². The lowest BCUT2D eigenvalue weighted by molar-refractivity contribution is 0.0941. The Balaban J connectivity index is 2.98. The molecule has 0 bridgehead atoms. The summed E-state index contributed by atoms with van der Waals surface area (Å²) in [5.74, 6) is 0. The Kier molecular flexibility index (Phi) is 5.57. The number of hydrogen-bond donors (Lipinski definition) is 0. The molecule has 1 aromatic rings. The summed E-state index contributed by atoms with van der Waals surface area (Å²) in [5, 5.41) is 0. The molecule has 1 aromatic carbocycles. The van der Waals surface area contributed by atoms with Crippen LogP contribution in [0, 0.1) is 0 Å². The lowest BCUT2D eigenvalue weighted by Crippen LogP contribution is -2.43. The zero-order valence-corrected chi connectivity index (χ0v) is 14.1. The summed E-state index contributed by atoms with van der Waals surface area (Å²) in [5.41, 5.74) is 2.21. The lowest BCUT2D eigenvalue weighted by Gasteiger charge is -2.38. The van der Waals surface area contributed by atoms with Gasteiger partial charge in [-0.2, -0.15) is 0 Å². The van der Waals surface area contributed by atoms with Crippen molar-refractivity contribution in [2.45, 2.75) is 58.4 Å². The van der Waals surface area contributed by atoms with Crippen molar-refractivity contribution in [1.82, 2.24) is 0 Å². The molecule has 0 unspecified atom stereocenters. The van der Waals surface area contributed by atoms with Gasteiger partial charge in [0.15, 0.2) is 8.32 Å². The summed E-state index contributed by atoms with van der Waals surface area (Å²) in [7, 11) is -1.58. The predicted molar refractivity (Wildman–Crippen MR) is 87.8 cm³/mol. The van der Waals surface area contributed by atoms with Crippen LogP contribution in [-0.4, -0.2) is 8.32 Å². The summed E-state index contributed by atoms with van der Waals surface area (Å²) in [6.07, 6.45) is 1.88. The summed E-state index contributed by atoms with van der Waals surface area (Å²) in [4.78, 5) is 0. The second-order valence-electron chi connectivity index (χ2n) is 5.68.